The van der Waals surface area contributed by atoms with E-state index >= 15 is 0 Å². The van der Waals surface area contributed by atoms with Crippen molar-refractivity contribution >= 4 is 11.9 Å². The van der Waals surface area contributed by atoms with Crippen LogP contribution in [-0.2, 0) is 14.3 Å². The van der Waals surface area contributed by atoms with E-state index in [1.165, 1.54) is 0 Å². The Kier molecular flexibility index (Phi) is 16.2. The van der Waals surface area contributed by atoms with Gasteiger partial charge >= 0.3 is 6.03 Å². The molecule has 0 aliphatic heterocycles. The van der Waals surface area contributed by atoms with E-state index in [2.05, 4.69) is 16.0 Å². The molecular weight excluding hydrogens is 416 g/mol. The van der Waals surface area contributed by atoms with Crippen molar-refractivity contribution in [3.63, 3.8) is 0 Å². The van der Waals surface area contributed by atoms with Gasteiger partial charge in [0.15, 0.2) is 0 Å². The number of nitrogens with one attached hydrogen (secondary N) is 3. The van der Waals surface area contributed by atoms with Gasteiger partial charge in [0.2, 0.25) is 5.91 Å². The average molecular weight is 455 g/mol. The third kappa shape index (κ3) is 12.1. The van der Waals surface area contributed by atoms with E-state index in [1.54, 1.807) is 7.05 Å². The third-order valence-corrected chi connectivity index (χ3v) is 4.58. The first-order chi connectivity index (χ1) is 14.8. The molecule has 0 fully saturated rings. The summed E-state index contributed by atoms with van der Waals surface area (Å²) in [5.41, 5.74) is 3.78. The Morgan fingerprint density at radius 1 is 0.935 bits per heavy atom. The first-order valence-electron chi connectivity index (χ1n) is 10.1. The van der Waals surface area contributed by atoms with Crippen LogP contribution in [0, 0.1) is 0 Å². The Bertz CT molecular complexity index is 475. The minimum Gasteiger partial charge on any atom is -0.394 e. The minimum absolute atomic E-state index is 0.288. The summed E-state index contributed by atoms with van der Waals surface area (Å²) in [7, 11) is 1.63. The fraction of sp³-hybridized carbons (Fsp3) is 0.889. The molecule has 0 radical (unpaired) electrons. The number of likely N-dealkylation sites (N-methyl/N-ethyl adjacent to an activating group) is 1. The molecule has 0 aromatic heterocycles. The highest BCUT2D eigenvalue weighted by Gasteiger charge is 2.34. The lowest BCUT2D eigenvalue weighted by Crippen LogP contribution is -2.61. The summed E-state index contributed by atoms with van der Waals surface area (Å²) in [6.45, 7) is -2.84. The lowest BCUT2D eigenvalue weighted by molar-refractivity contribution is -0.120. The van der Waals surface area contributed by atoms with E-state index in [1.807, 2.05) is 0 Å². The molecule has 184 valence electrons. The number of rotatable bonds is 19. The fourth-order valence-corrected chi connectivity index (χ4v) is 2.51. The Labute approximate surface area is 181 Å². The summed E-state index contributed by atoms with van der Waals surface area (Å²) in [5.74, 6) is -0.450. The van der Waals surface area contributed by atoms with Crippen LogP contribution in [0.25, 0.3) is 0 Å². The second-order valence-corrected chi connectivity index (χ2v) is 7.16. The zero-order chi connectivity index (χ0) is 23.7. The standard InChI is InChI=1S/C18H38N4O9/c1-20-15(16(19)28)4-2-3-5-21-17(29)22-18(10-27,11-30-13(6-23)7-24)12-31-14(8-25)9-26/h13-15,20,23-27H,2-12H2,1H3,(H2,19,28)(H2,21,22,29)/t15-/m1/s1. The highest BCUT2D eigenvalue weighted by molar-refractivity contribution is 5.79. The number of ether oxygens (including phenoxy) is 2. The third-order valence-electron chi connectivity index (χ3n) is 4.58. The number of amides is 3. The van der Waals surface area contributed by atoms with E-state index < -0.39 is 68.8 Å². The van der Waals surface area contributed by atoms with Crippen LogP contribution in [0.15, 0.2) is 0 Å². The molecule has 0 unspecified atom stereocenters. The van der Waals surface area contributed by atoms with Crippen LogP contribution in [0.4, 0.5) is 4.79 Å². The first-order valence-corrected chi connectivity index (χ1v) is 10.1. The lowest BCUT2D eigenvalue weighted by Gasteiger charge is -2.34. The maximum Gasteiger partial charge on any atom is 0.315 e. The molecule has 0 aliphatic rings. The fourth-order valence-electron chi connectivity index (χ4n) is 2.51. The van der Waals surface area contributed by atoms with Gasteiger partial charge in [0.25, 0.3) is 0 Å². The van der Waals surface area contributed by atoms with Crippen LogP contribution in [0.2, 0.25) is 0 Å². The van der Waals surface area contributed by atoms with Crippen molar-refractivity contribution in [2.24, 2.45) is 5.73 Å². The van der Waals surface area contributed by atoms with Gasteiger partial charge in [-0.3, -0.25) is 4.79 Å². The molecule has 0 spiro atoms. The number of hydrogen-bond acceptors (Lipinski definition) is 10. The maximum absolute atomic E-state index is 12.3. The molecule has 0 aliphatic carbocycles. The van der Waals surface area contributed by atoms with Gasteiger partial charge in [-0.15, -0.1) is 0 Å². The van der Waals surface area contributed by atoms with Gasteiger partial charge < -0.3 is 56.7 Å². The number of primary amides is 1. The van der Waals surface area contributed by atoms with E-state index in [0.29, 0.717) is 19.3 Å². The highest BCUT2D eigenvalue weighted by atomic mass is 16.5. The monoisotopic (exact) mass is 454 g/mol. The Morgan fingerprint density at radius 2 is 1.45 bits per heavy atom. The van der Waals surface area contributed by atoms with Gasteiger partial charge in [0.05, 0.1) is 52.3 Å². The summed E-state index contributed by atoms with van der Waals surface area (Å²) in [4.78, 5) is 23.5. The first kappa shape index (κ1) is 29.4. The molecule has 0 aromatic rings. The molecule has 0 saturated heterocycles. The van der Waals surface area contributed by atoms with Crippen LogP contribution in [0.3, 0.4) is 0 Å². The predicted octanol–water partition coefficient (Wildman–Crippen LogP) is -4.00. The Balaban J connectivity index is 4.79. The second kappa shape index (κ2) is 17.0. The topological polar surface area (TPSA) is 216 Å². The zero-order valence-electron chi connectivity index (χ0n) is 18.0. The number of nitrogens with two attached hydrogens (primary N) is 1. The molecule has 31 heavy (non-hydrogen) atoms. The van der Waals surface area contributed by atoms with Crippen molar-refractivity contribution in [2.75, 3.05) is 59.8 Å². The van der Waals surface area contributed by atoms with Gasteiger partial charge in [-0.05, 0) is 26.3 Å². The molecule has 13 heteroatoms. The summed E-state index contributed by atoms with van der Waals surface area (Å²) in [6, 6.07) is -1.07. The Hall–Kier alpha value is -1.58. The lowest BCUT2D eigenvalue weighted by atomic mass is 10.0. The van der Waals surface area contributed by atoms with Crippen LogP contribution in [0.5, 0.6) is 0 Å². The average Bonchev–Trinajstić information content (AvgIpc) is 2.76. The van der Waals surface area contributed by atoms with Gasteiger partial charge in [0.1, 0.15) is 17.7 Å². The van der Waals surface area contributed by atoms with E-state index in [0.717, 1.165) is 0 Å². The number of unbranched alkanes of at least 4 members (excludes halogenated alkanes) is 1. The molecule has 10 N–H and O–H groups in total. The smallest absolute Gasteiger partial charge is 0.315 e. The number of carbonyl (C=O) groups excluding carboxylic acids is 2. The summed E-state index contributed by atoms with van der Waals surface area (Å²) >= 11 is 0. The summed E-state index contributed by atoms with van der Waals surface area (Å²) < 4.78 is 10.7. The number of hydrogen-bond donors (Lipinski definition) is 9. The summed E-state index contributed by atoms with van der Waals surface area (Å²) in [5, 5.41) is 54.5. The molecule has 1 atom stereocenters. The van der Waals surface area contributed by atoms with Gasteiger partial charge in [0, 0.05) is 6.54 Å². The van der Waals surface area contributed by atoms with Gasteiger partial charge in [-0.2, -0.15) is 0 Å². The van der Waals surface area contributed by atoms with Crippen molar-refractivity contribution in [1.82, 2.24) is 16.0 Å². The molecule has 0 aromatic carbocycles. The normalized spacial score (nSPS) is 12.9. The molecule has 13 nitrogen and oxygen atoms in total. The van der Waals surface area contributed by atoms with E-state index in [-0.39, 0.29) is 19.8 Å². The predicted molar refractivity (Wildman–Crippen MR) is 110 cm³/mol. The van der Waals surface area contributed by atoms with Crippen LogP contribution >= 0.6 is 0 Å². The maximum atomic E-state index is 12.3. The van der Waals surface area contributed by atoms with Crippen molar-refractivity contribution in [3.05, 3.63) is 0 Å². The van der Waals surface area contributed by atoms with E-state index in [4.69, 9.17) is 35.6 Å². The molecule has 0 heterocycles. The van der Waals surface area contributed by atoms with Crippen molar-refractivity contribution in [2.45, 2.75) is 43.1 Å². The molecular formula is C18H38N4O9. The largest absolute Gasteiger partial charge is 0.394 e. The second-order valence-electron chi connectivity index (χ2n) is 7.16. The molecule has 0 bridgehead atoms. The number of aliphatic hydroxyl groups excluding tert-OH is 5. The van der Waals surface area contributed by atoms with Crippen molar-refractivity contribution in [3.8, 4) is 0 Å². The Morgan fingerprint density at radius 3 is 1.84 bits per heavy atom. The molecule has 0 saturated carbocycles. The molecule has 0 rings (SSSR count). The quantitative estimate of drug-likeness (QED) is 0.0862. The van der Waals surface area contributed by atoms with Crippen LogP contribution in [0.1, 0.15) is 19.3 Å². The minimum atomic E-state index is -1.46. The number of carbonyl (C=O) groups is 2. The highest BCUT2D eigenvalue weighted by Crippen LogP contribution is 2.10. The zero-order valence-corrected chi connectivity index (χ0v) is 18.0. The number of aliphatic hydroxyl groups is 5. The van der Waals surface area contributed by atoms with Crippen molar-refractivity contribution in [1.29, 1.82) is 0 Å². The van der Waals surface area contributed by atoms with E-state index in [9.17, 15) is 14.7 Å². The SMILES string of the molecule is CN[C@H](CCCCNC(=O)NC(CO)(COC(CO)CO)COC(CO)CO)C(N)=O. The summed E-state index contributed by atoms with van der Waals surface area (Å²) in [6.07, 6.45) is -0.118. The van der Waals surface area contributed by atoms with Crippen LogP contribution < -0.4 is 21.7 Å². The van der Waals surface area contributed by atoms with Crippen LogP contribution in [-0.4, -0.2) is 121 Å². The van der Waals surface area contributed by atoms with Crippen molar-refractivity contribution < 1.29 is 44.6 Å². The van der Waals surface area contributed by atoms with Gasteiger partial charge in [-0.25, -0.2) is 4.79 Å². The number of urea groups is 1. The molecule has 3 amide bonds. The van der Waals surface area contributed by atoms with Gasteiger partial charge in [-0.1, -0.05) is 0 Å².